The Labute approximate surface area is 131 Å². The number of amides is 1. The minimum absolute atomic E-state index is 0.135. The van der Waals surface area contributed by atoms with Gasteiger partial charge < -0.3 is 10.1 Å². The number of carbonyl (C=O) groups is 2. The van der Waals surface area contributed by atoms with E-state index < -0.39 is 10.0 Å². The lowest BCUT2D eigenvalue weighted by atomic mass is 9.99. The van der Waals surface area contributed by atoms with E-state index in [-0.39, 0.29) is 40.4 Å². The highest BCUT2D eigenvalue weighted by atomic mass is 32.2. The highest BCUT2D eigenvalue weighted by Crippen LogP contribution is 2.27. The number of hydrogen-bond acceptors (Lipinski definition) is 8. The van der Waals surface area contributed by atoms with Gasteiger partial charge in [-0.15, -0.1) is 10.2 Å². The Morgan fingerprint density at radius 2 is 1.95 bits per heavy atom. The second-order valence-electron chi connectivity index (χ2n) is 4.76. The number of hydrogen-bond donors (Lipinski definition) is 1. The summed E-state index contributed by atoms with van der Waals surface area (Å²) in [6, 6.07) is 0. The third kappa shape index (κ3) is 3.59. The molecule has 1 amide bonds. The summed E-state index contributed by atoms with van der Waals surface area (Å²) in [6.07, 6.45) is 0.812. The highest BCUT2D eigenvalue weighted by Gasteiger charge is 2.34. The van der Waals surface area contributed by atoms with Gasteiger partial charge in [-0.1, -0.05) is 11.3 Å². The number of sulfonamides is 1. The van der Waals surface area contributed by atoms with Gasteiger partial charge in [0.1, 0.15) is 0 Å². The summed E-state index contributed by atoms with van der Waals surface area (Å²) in [6.45, 7) is 1.74. The zero-order valence-electron chi connectivity index (χ0n) is 12.1. The summed E-state index contributed by atoms with van der Waals surface area (Å²) < 4.78 is 30.6. The summed E-state index contributed by atoms with van der Waals surface area (Å²) in [4.78, 5) is 22.4. The number of methoxy groups -OCH3 is 1. The lowest BCUT2D eigenvalue weighted by Gasteiger charge is -2.28. The molecule has 1 aromatic heterocycles. The monoisotopic (exact) mass is 348 g/mol. The van der Waals surface area contributed by atoms with Crippen molar-refractivity contribution in [2.75, 3.05) is 25.5 Å². The molecule has 9 nitrogen and oxygen atoms in total. The van der Waals surface area contributed by atoms with Gasteiger partial charge in [0.05, 0.1) is 13.0 Å². The molecule has 122 valence electrons. The van der Waals surface area contributed by atoms with Crippen molar-refractivity contribution in [2.24, 2.45) is 5.92 Å². The van der Waals surface area contributed by atoms with Crippen LogP contribution in [0.5, 0.6) is 0 Å². The van der Waals surface area contributed by atoms with Crippen molar-refractivity contribution >= 4 is 38.4 Å². The molecular formula is C11H16N4O5S2. The first kappa shape index (κ1) is 16.8. The van der Waals surface area contributed by atoms with E-state index in [1.165, 1.54) is 18.3 Å². The predicted octanol–water partition coefficient (Wildman–Crippen LogP) is 0.0702. The van der Waals surface area contributed by atoms with Crippen LogP contribution in [0.4, 0.5) is 5.13 Å². The first-order chi connectivity index (χ1) is 10.3. The second kappa shape index (κ2) is 6.67. The van der Waals surface area contributed by atoms with E-state index in [0.29, 0.717) is 12.8 Å². The molecule has 2 heterocycles. The van der Waals surface area contributed by atoms with Crippen LogP contribution in [-0.2, 0) is 24.3 Å². The van der Waals surface area contributed by atoms with Gasteiger partial charge in [-0.2, -0.15) is 4.31 Å². The molecule has 0 aliphatic carbocycles. The maximum Gasteiger partial charge on any atom is 0.308 e. The minimum atomic E-state index is -3.76. The van der Waals surface area contributed by atoms with Gasteiger partial charge >= 0.3 is 5.97 Å². The topological polar surface area (TPSA) is 119 Å². The molecule has 1 saturated heterocycles. The molecule has 1 aliphatic rings. The third-order valence-corrected chi connectivity index (χ3v) is 6.32. The molecule has 0 aromatic carbocycles. The summed E-state index contributed by atoms with van der Waals surface area (Å²) >= 11 is 0.798. The summed E-state index contributed by atoms with van der Waals surface area (Å²) in [5.74, 6) is -0.944. The summed E-state index contributed by atoms with van der Waals surface area (Å²) in [7, 11) is -2.44. The molecule has 0 spiro atoms. The second-order valence-corrected chi connectivity index (χ2v) is 7.84. The number of rotatable bonds is 4. The van der Waals surface area contributed by atoms with Crippen LogP contribution in [0.15, 0.2) is 4.34 Å². The number of aromatic nitrogens is 2. The number of piperidine rings is 1. The maximum absolute atomic E-state index is 12.4. The van der Waals surface area contributed by atoms with Crippen molar-refractivity contribution < 1.29 is 22.7 Å². The molecule has 2 rings (SSSR count). The van der Waals surface area contributed by atoms with Crippen LogP contribution in [-0.4, -0.2) is 55.0 Å². The molecule has 0 radical (unpaired) electrons. The van der Waals surface area contributed by atoms with Gasteiger partial charge in [-0.3, -0.25) is 9.59 Å². The van der Waals surface area contributed by atoms with Crippen LogP contribution < -0.4 is 5.32 Å². The Hall–Kier alpha value is -1.59. The minimum Gasteiger partial charge on any atom is -0.469 e. The fraction of sp³-hybridized carbons (Fsp3) is 0.636. The van der Waals surface area contributed by atoms with E-state index >= 15 is 0 Å². The summed E-state index contributed by atoms with van der Waals surface area (Å²) in [5.41, 5.74) is 0. The lowest BCUT2D eigenvalue weighted by Crippen LogP contribution is -2.40. The molecule has 1 fully saturated rings. The Morgan fingerprint density at radius 3 is 2.50 bits per heavy atom. The van der Waals surface area contributed by atoms with Crippen molar-refractivity contribution in [1.29, 1.82) is 0 Å². The van der Waals surface area contributed by atoms with E-state index in [1.807, 2.05) is 0 Å². The highest BCUT2D eigenvalue weighted by molar-refractivity contribution is 7.91. The van der Waals surface area contributed by atoms with E-state index in [0.717, 1.165) is 11.3 Å². The number of nitrogens with one attached hydrogen (secondary N) is 1. The molecule has 0 unspecified atom stereocenters. The van der Waals surface area contributed by atoms with Gasteiger partial charge in [-0.25, -0.2) is 8.42 Å². The Morgan fingerprint density at radius 1 is 1.32 bits per heavy atom. The van der Waals surface area contributed by atoms with Gasteiger partial charge in [0.2, 0.25) is 15.4 Å². The third-order valence-electron chi connectivity index (χ3n) is 3.24. The smallest absolute Gasteiger partial charge is 0.308 e. The van der Waals surface area contributed by atoms with Crippen molar-refractivity contribution in [3.8, 4) is 0 Å². The molecule has 11 heteroatoms. The van der Waals surface area contributed by atoms with E-state index in [2.05, 4.69) is 20.3 Å². The molecule has 22 heavy (non-hydrogen) atoms. The van der Waals surface area contributed by atoms with Crippen LogP contribution >= 0.6 is 11.3 Å². The molecule has 1 aromatic rings. The SMILES string of the molecule is COC(=O)C1CCN(S(=O)(=O)c2nnc(NC(C)=O)s2)CC1. The zero-order chi connectivity index (χ0) is 16.3. The Balaban J connectivity index is 2.07. The average molecular weight is 348 g/mol. The molecule has 1 N–H and O–H groups in total. The quantitative estimate of drug-likeness (QED) is 0.604. The lowest BCUT2D eigenvalue weighted by molar-refractivity contribution is -0.146. The van der Waals surface area contributed by atoms with E-state index in [9.17, 15) is 18.0 Å². The molecule has 0 atom stereocenters. The van der Waals surface area contributed by atoms with Crippen molar-refractivity contribution in [3.63, 3.8) is 0 Å². The van der Waals surface area contributed by atoms with E-state index in [4.69, 9.17) is 0 Å². The van der Waals surface area contributed by atoms with Crippen LogP contribution in [0.25, 0.3) is 0 Å². The largest absolute Gasteiger partial charge is 0.469 e. The van der Waals surface area contributed by atoms with Crippen molar-refractivity contribution in [2.45, 2.75) is 24.1 Å². The van der Waals surface area contributed by atoms with Crippen LogP contribution in [0.3, 0.4) is 0 Å². The molecule has 0 saturated carbocycles. The number of carbonyl (C=O) groups excluding carboxylic acids is 2. The van der Waals surface area contributed by atoms with E-state index in [1.54, 1.807) is 0 Å². The van der Waals surface area contributed by atoms with Gasteiger partial charge in [-0.05, 0) is 12.8 Å². The number of nitrogens with zero attached hydrogens (tertiary/aromatic N) is 3. The van der Waals surface area contributed by atoms with Gasteiger partial charge in [0.25, 0.3) is 10.0 Å². The van der Waals surface area contributed by atoms with Crippen LogP contribution in [0, 0.1) is 5.92 Å². The average Bonchev–Trinajstić information content (AvgIpc) is 2.95. The molecular weight excluding hydrogens is 332 g/mol. The fourth-order valence-corrected chi connectivity index (χ4v) is 4.68. The number of anilines is 1. The van der Waals surface area contributed by atoms with Crippen LogP contribution in [0.1, 0.15) is 19.8 Å². The normalized spacial score (nSPS) is 17.2. The number of esters is 1. The van der Waals surface area contributed by atoms with Gasteiger partial charge in [0, 0.05) is 20.0 Å². The standard InChI is InChI=1S/C11H16N4O5S2/c1-7(16)12-10-13-14-11(21-10)22(18,19)15-5-3-8(4-6-15)9(17)20-2/h8H,3-6H2,1-2H3,(H,12,13,16). The predicted molar refractivity (Wildman–Crippen MR) is 77.7 cm³/mol. The van der Waals surface area contributed by atoms with Crippen molar-refractivity contribution in [3.05, 3.63) is 0 Å². The van der Waals surface area contributed by atoms with Gasteiger partial charge in [0.15, 0.2) is 0 Å². The summed E-state index contributed by atoms with van der Waals surface area (Å²) in [5, 5.41) is 9.78. The first-order valence-corrected chi connectivity index (χ1v) is 8.79. The first-order valence-electron chi connectivity index (χ1n) is 6.53. The Bertz CT molecular complexity index is 664. The molecule has 0 bridgehead atoms. The Kier molecular flexibility index (Phi) is 5.08. The number of ether oxygens (including phenoxy) is 1. The van der Waals surface area contributed by atoms with Crippen molar-refractivity contribution in [1.82, 2.24) is 14.5 Å². The fourth-order valence-electron chi connectivity index (χ4n) is 2.12. The maximum atomic E-state index is 12.4. The van der Waals surface area contributed by atoms with Crippen LogP contribution in [0.2, 0.25) is 0 Å². The zero-order valence-corrected chi connectivity index (χ0v) is 13.7. The molecule has 1 aliphatic heterocycles.